The Balaban J connectivity index is 2.26. The molecule has 1 amide bonds. The van der Waals surface area contributed by atoms with E-state index in [2.05, 4.69) is 5.32 Å². The monoisotopic (exact) mass is 444 g/mol. The molecule has 0 aliphatic heterocycles. The van der Waals surface area contributed by atoms with Gasteiger partial charge in [-0.25, -0.2) is 8.42 Å². The van der Waals surface area contributed by atoms with Gasteiger partial charge in [-0.2, -0.15) is 13.2 Å². The maximum absolute atomic E-state index is 12.9. The number of benzene rings is 2. The highest BCUT2D eigenvalue weighted by molar-refractivity contribution is 7.92. The van der Waals surface area contributed by atoms with Crippen LogP contribution in [0.3, 0.4) is 0 Å². The van der Waals surface area contributed by atoms with Crippen LogP contribution >= 0.6 is 0 Å². The van der Waals surface area contributed by atoms with Crippen LogP contribution in [-0.2, 0) is 27.5 Å². The Kier molecular flexibility index (Phi) is 7.35. The summed E-state index contributed by atoms with van der Waals surface area (Å²) in [7, 11) is -2.41. The quantitative estimate of drug-likeness (QED) is 0.676. The molecule has 0 saturated carbocycles. The van der Waals surface area contributed by atoms with Crippen molar-refractivity contribution >= 4 is 21.6 Å². The fourth-order valence-electron chi connectivity index (χ4n) is 2.97. The molecule has 2 aromatic rings. The second-order valence-corrected chi connectivity index (χ2v) is 8.46. The van der Waals surface area contributed by atoms with Gasteiger partial charge in [-0.05, 0) is 36.2 Å². The molecule has 0 aliphatic carbocycles. The molecule has 10 heteroatoms. The molecule has 0 radical (unpaired) electrons. The molecule has 2 aromatic carbocycles. The minimum absolute atomic E-state index is 0.151. The number of nitrogens with one attached hydrogen (secondary N) is 1. The Morgan fingerprint density at radius 2 is 1.83 bits per heavy atom. The van der Waals surface area contributed by atoms with Crippen LogP contribution in [0.1, 0.15) is 24.5 Å². The van der Waals surface area contributed by atoms with Crippen molar-refractivity contribution in [2.75, 3.05) is 17.7 Å². The van der Waals surface area contributed by atoms with Gasteiger partial charge in [-0.1, -0.05) is 25.1 Å². The number of halogens is 3. The first kappa shape index (κ1) is 23.5. The van der Waals surface area contributed by atoms with E-state index in [1.807, 2.05) is 0 Å². The largest absolute Gasteiger partial charge is 0.497 e. The number of carbonyl (C=O) groups is 1. The van der Waals surface area contributed by atoms with E-state index in [-0.39, 0.29) is 24.2 Å². The van der Waals surface area contributed by atoms with Gasteiger partial charge in [-0.15, -0.1) is 0 Å². The average molecular weight is 444 g/mol. The third kappa shape index (κ3) is 5.88. The predicted molar refractivity (Wildman–Crippen MR) is 108 cm³/mol. The van der Waals surface area contributed by atoms with Gasteiger partial charge >= 0.3 is 6.18 Å². The topological polar surface area (TPSA) is 75.7 Å². The summed E-state index contributed by atoms with van der Waals surface area (Å²) < 4.78 is 69.6. The number of sulfonamides is 1. The van der Waals surface area contributed by atoms with Gasteiger partial charge in [0, 0.05) is 12.6 Å². The number of hydrogen-bond donors (Lipinski definition) is 1. The number of alkyl halides is 3. The van der Waals surface area contributed by atoms with E-state index < -0.39 is 33.7 Å². The van der Waals surface area contributed by atoms with E-state index in [4.69, 9.17) is 4.74 Å². The number of anilines is 1. The van der Waals surface area contributed by atoms with E-state index in [9.17, 15) is 26.4 Å². The van der Waals surface area contributed by atoms with Gasteiger partial charge in [0.15, 0.2) is 0 Å². The molecule has 1 atom stereocenters. The van der Waals surface area contributed by atoms with E-state index in [1.165, 1.54) is 31.4 Å². The number of amides is 1. The summed E-state index contributed by atoms with van der Waals surface area (Å²) >= 11 is 0. The first-order valence-corrected chi connectivity index (χ1v) is 10.9. The van der Waals surface area contributed by atoms with E-state index >= 15 is 0 Å². The predicted octanol–water partition coefficient (Wildman–Crippen LogP) is 3.58. The van der Waals surface area contributed by atoms with Gasteiger partial charge in [0.25, 0.3) is 0 Å². The molecule has 1 unspecified atom stereocenters. The molecule has 1 N–H and O–H groups in total. The Morgan fingerprint density at radius 1 is 1.17 bits per heavy atom. The molecule has 0 aromatic heterocycles. The first-order chi connectivity index (χ1) is 14.0. The van der Waals surface area contributed by atoms with Crippen LogP contribution in [0, 0.1) is 0 Å². The number of ether oxygens (including phenoxy) is 1. The Labute approximate surface area is 173 Å². The third-order valence-electron chi connectivity index (χ3n) is 4.36. The lowest BCUT2D eigenvalue weighted by Crippen LogP contribution is -2.49. The van der Waals surface area contributed by atoms with Gasteiger partial charge in [-0.3, -0.25) is 9.10 Å². The van der Waals surface area contributed by atoms with Crippen LogP contribution in [0.2, 0.25) is 0 Å². The number of nitrogens with zero attached hydrogens (tertiary/aromatic N) is 1. The van der Waals surface area contributed by atoms with E-state index in [0.29, 0.717) is 5.75 Å². The SMILES string of the molecule is CCC(C(=O)NCc1cccc(C(F)(F)F)c1)N(c1cccc(OC)c1)S(C)(=O)=O. The third-order valence-corrected chi connectivity index (χ3v) is 5.54. The molecule has 6 nitrogen and oxygen atoms in total. The fraction of sp³-hybridized carbons (Fsp3) is 0.350. The van der Waals surface area contributed by atoms with Crippen molar-refractivity contribution in [3.63, 3.8) is 0 Å². The number of rotatable bonds is 8. The van der Waals surface area contributed by atoms with Crippen LogP contribution < -0.4 is 14.4 Å². The summed E-state index contributed by atoms with van der Waals surface area (Å²) in [5, 5.41) is 2.54. The lowest BCUT2D eigenvalue weighted by Gasteiger charge is -2.30. The molecule has 0 heterocycles. The zero-order valence-electron chi connectivity index (χ0n) is 16.7. The standard InChI is InChI=1S/C20H23F3N2O4S/c1-4-18(25(30(3,27)28)16-9-6-10-17(12-16)29-2)19(26)24-13-14-7-5-8-15(11-14)20(21,22)23/h5-12,18H,4,13H2,1-3H3,(H,24,26). The Hall–Kier alpha value is -2.75. The normalized spacial score (nSPS) is 12.9. The van der Waals surface area contributed by atoms with Crippen LogP contribution in [0.25, 0.3) is 0 Å². The molecule has 0 bridgehead atoms. The van der Waals surface area contributed by atoms with E-state index in [0.717, 1.165) is 22.7 Å². The van der Waals surface area contributed by atoms with Crippen LogP contribution in [0.5, 0.6) is 5.75 Å². The van der Waals surface area contributed by atoms with Crippen molar-refractivity contribution in [3.05, 3.63) is 59.7 Å². The second kappa shape index (κ2) is 9.38. The highest BCUT2D eigenvalue weighted by Crippen LogP contribution is 2.30. The molecule has 0 fully saturated rings. The highest BCUT2D eigenvalue weighted by Gasteiger charge is 2.32. The van der Waals surface area contributed by atoms with Crippen molar-refractivity contribution in [2.45, 2.75) is 32.1 Å². The van der Waals surface area contributed by atoms with Crippen molar-refractivity contribution in [2.24, 2.45) is 0 Å². The second-order valence-electron chi connectivity index (χ2n) is 6.60. The van der Waals surface area contributed by atoms with Crippen molar-refractivity contribution in [1.82, 2.24) is 5.32 Å². The molecule has 0 aliphatic rings. The van der Waals surface area contributed by atoms with Crippen molar-refractivity contribution in [3.8, 4) is 5.75 Å². The van der Waals surface area contributed by atoms with Gasteiger partial charge in [0.2, 0.25) is 15.9 Å². The zero-order valence-corrected chi connectivity index (χ0v) is 17.5. The lowest BCUT2D eigenvalue weighted by atomic mass is 10.1. The average Bonchev–Trinajstić information content (AvgIpc) is 2.68. The summed E-state index contributed by atoms with van der Waals surface area (Å²) in [6.45, 7) is 1.47. The Bertz CT molecular complexity index is 994. The van der Waals surface area contributed by atoms with Gasteiger partial charge < -0.3 is 10.1 Å². The minimum atomic E-state index is -4.49. The van der Waals surface area contributed by atoms with Crippen LogP contribution in [-0.4, -0.2) is 33.7 Å². The Morgan fingerprint density at radius 3 is 2.40 bits per heavy atom. The zero-order chi connectivity index (χ0) is 22.5. The highest BCUT2D eigenvalue weighted by atomic mass is 32.2. The fourth-order valence-corrected chi connectivity index (χ4v) is 4.18. The smallest absolute Gasteiger partial charge is 0.416 e. The molecule has 0 saturated heterocycles. The number of carbonyl (C=O) groups excluding carboxylic acids is 1. The summed E-state index contributed by atoms with van der Waals surface area (Å²) in [6.07, 6.45) is -3.36. The van der Waals surface area contributed by atoms with Crippen molar-refractivity contribution < 1.29 is 31.1 Å². The van der Waals surface area contributed by atoms with Gasteiger partial charge in [0.05, 0.1) is 24.6 Å². The number of hydrogen-bond acceptors (Lipinski definition) is 4. The molecular weight excluding hydrogens is 421 g/mol. The lowest BCUT2D eigenvalue weighted by molar-refractivity contribution is -0.137. The summed E-state index contributed by atoms with van der Waals surface area (Å²) in [5.41, 5.74) is -0.325. The molecule has 164 valence electrons. The minimum Gasteiger partial charge on any atom is -0.497 e. The summed E-state index contributed by atoms with van der Waals surface area (Å²) in [6, 6.07) is 9.76. The first-order valence-electron chi connectivity index (χ1n) is 9.04. The molecule has 2 rings (SSSR count). The maximum Gasteiger partial charge on any atom is 0.416 e. The van der Waals surface area contributed by atoms with Gasteiger partial charge in [0.1, 0.15) is 11.8 Å². The molecule has 0 spiro atoms. The summed E-state index contributed by atoms with van der Waals surface area (Å²) in [4.78, 5) is 12.8. The number of methoxy groups -OCH3 is 1. The van der Waals surface area contributed by atoms with E-state index in [1.54, 1.807) is 19.1 Å². The molecular formula is C20H23F3N2O4S. The van der Waals surface area contributed by atoms with Crippen LogP contribution in [0.15, 0.2) is 48.5 Å². The van der Waals surface area contributed by atoms with Crippen molar-refractivity contribution in [1.29, 1.82) is 0 Å². The maximum atomic E-state index is 12.9. The summed E-state index contributed by atoms with van der Waals surface area (Å²) in [5.74, 6) is -0.205. The molecule has 30 heavy (non-hydrogen) atoms. The van der Waals surface area contributed by atoms with Crippen LogP contribution in [0.4, 0.5) is 18.9 Å².